The normalized spacial score (nSPS) is 15.1. The number of hydrogen-bond acceptors (Lipinski definition) is 4. The first-order valence-corrected chi connectivity index (χ1v) is 8.55. The first kappa shape index (κ1) is 16.0. The predicted octanol–water partition coefficient (Wildman–Crippen LogP) is 1.20. The Labute approximate surface area is 126 Å². The minimum atomic E-state index is -3.53. The fraction of sp³-hybridized carbons (Fsp3) is 0.533. The van der Waals surface area contributed by atoms with Gasteiger partial charge >= 0.3 is 0 Å². The van der Waals surface area contributed by atoms with Gasteiger partial charge in [-0.2, -0.15) is 4.31 Å². The van der Waals surface area contributed by atoms with E-state index in [2.05, 4.69) is 16.8 Å². The molecule has 21 heavy (non-hydrogen) atoms. The lowest BCUT2D eigenvalue weighted by Crippen LogP contribution is -2.38. The van der Waals surface area contributed by atoms with Crippen LogP contribution in [0.4, 0.5) is 0 Å². The maximum atomic E-state index is 12.8. The standard InChI is InChI=1S/C15H21N3O2S/c1-12(2)18(11-13-5-6-13)21(19,20)15-8-14(4-3-7-16)9-17-10-15/h8-10,12-13H,5-7,11,16H2,1-2H3. The molecular formula is C15H21N3O2S. The van der Waals surface area contributed by atoms with E-state index in [1.165, 1.54) is 6.20 Å². The molecular weight excluding hydrogens is 286 g/mol. The summed E-state index contributed by atoms with van der Waals surface area (Å²) >= 11 is 0. The highest BCUT2D eigenvalue weighted by atomic mass is 32.2. The van der Waals surface area contributed by atoms with Crippen molar-refractivity contribution in [1.82, 2.24) is 9.29 Å². The van der Waals surface area contributed by atoms with Gasteiger partial charge in [-0.05, 0) is 38.7 Å². The number of sulfonamides is 1. The van der Waals surface area contributed by atoms with Gasteiger partial charge in [-0.15, -0.1) is 0 Å². The maximum absolute atomic E-state index is 12.8. The first-order valence-electron chi connectivity index (χ1n) is 7.11. The van der Waals surface area contributed by atoms with Crippen LogP contribution < -0.4 is 5.73 Å². The van der Waals surface area contributed by atoms with Gasteiger partial charge in [0.05, 0.1) is 6.54 Å². The molecule has 0 amide bonds. The molecule has 0 aromatic carbocycles. The summed E-state index contributed by atoms with van der Waals surface area (Å²) in [6, 6.07) is 1.49. The molecule has 1 saturated carbocycles. The van der Waals surface area contributed by atoms with Crippen LogP contribution in [0.25, 0.3) is 0 Å². The van der Waals surface area contributed by atoms with Crippen LogP contribution in [0.3, 0.4) is 0 Å². The third-order valence-corrected chi connectivity index (χ3v) is 5.37. The number of nitrogens with zero attached hydrogens (tertiary/aromatic N) is 2. The van der Waals surface area contributed by atoms with Crippen LogP contribution in [0.15, 0.2) is 23.4 Å². The van der Waals surface area contributed by atoms with E-state index in [-0.39, 0.29) is 17.5 Å². The average Bonchev–Trinajstić information content (AvgIpc) is 3.26. The molecule has 1 aromatic heterocycles. The van der Waals surface area contributed by atoms with Crippen molar-refractivity contribution in [3.05, 3.63) is 24.0 Å². The lowest BCUT2D eigenvalue weighted by Gasteiger charge is -2.25. The van der Waals surface area contributed by atoms with Crippen molar-refractivity contribution in [3.63, 3.8) is 0 Å². The van der Waals surface area contributed by atoms with Crippen LogP contribution in [0.2, 0.25) is 0 Å². The highest BCUT2D eigenvalue weighted by Gasteiger charge is 2.33. The molecule has 1 aliphatic rings. The second kappa shape index (κ2) is 6.56. The van der Waals surface area contributed by atoms with Crippen molar-refractivity contribution in [2.75, 3.05) is 13.1 Å². The minimum absolute atomic E-state index is 0.0746. The van der Waals surface area contributed by atoms with Crippen molar-refractivity contribution in [1.29, 1.82) is 0 Å². The van der Waals surface area contributed by atoms with E-state index in [0.29, 0.717) is 18.0 Å². The van der Waals surface area contributed by atoms with Gasteiger partial charge in [-0.1, -0.05) is 11.8 Å². The van der Waals surface area contributed by atoms with E-state index in [1.54, 1.807) is 16.6 Å². The minimum Gasteiger partial charge on any atom is -0.320 e. The van der Waals surface area contributed by atoms with Gasteiger partial charge in [0.15, 0.2) is 0 Å². The summed E-state index contributed by atoms with van der Waals surface area (Å²) in [6.45, 7) is 4.60. The van der Waals surface area contributed by atoms with Crippen LogP contribution >= 0.6 is 0 Å². The Morgan fingerprint density at radius 2 is 2.14 bits per heavy atom. The molecule has 114 valence electrons. The number of pyridine rings is 1. The van der Waals surface area contributed by atoms with Gasteiger partial charge in [0, 0.05) is 30.5 Å². The number of hydrogen-bond donors (Lipinski definition) is 1. The summed E-state index contributed by atoms with van der Waals surface area (Å²) in [7, 11) is -3.53. The predicted molar refractivity (Wildman–Crippen MR) is 81.9 cm³/mol. The van der Waals surface area contributed by atoms with Gasteiger partial charge in [0.1, 0.15) is 4.90 Å². The summed E-state index contributed by atoms with van der Waals surface area (Å²) < 4.78 is 27.1. The summed E-state index contributed by atoms with van der Waals surface area (Å²) in [5.41, 5.74) is 5.90. The Kier molecular flexibility index (Phi) is 4.99. The Hall–Kier alpha value is -1.42. The zero-order valence-electron chi connectivity index (χ0n) is 12.4. The van der Waals surface area contributed by atoms with Crippen LogP contribution in [0.5, 0.6) is 0 Å². The lowest BCUT2D eigenvalue weighted by atomic mass is 10.3. The van der Waals surface area contributed by atoms with Crippen LogP contribution in [0, 0.1) is 17.8 Å². The third kappa shape index (κ3) is 4.03. The van der Waals surface area contributed by atoms with E-state index < -0.39 is 10.0 Å². The van der Waals surface area contributed by atoms with E-state index in [4.69, 9.17) is 5.73 Å². The second-order valence-electron chi connectivity index (χ2n) is 5.53. The molecule has 0 atom stereocenters. The number of aromatic nitrogens is 1. The lowest BCUT2D eigenvalue weighted by molar-refractivity contribution is 0.341. The van der Waals surface area contributed by atoms with E-state index in [0.717, 1.165) is 12.8 Å². The molecule has 2 rings (SSSR count). The fourth-order valence-corrected chi connectivity index (χ4v) is 3.76. The second-order valence-corrected chi connectivity index (χ2v) is 7.42. The molecule has 1 aromatic rings. The zero-order chi connectivity index (χ0) is 15.5. The van der Waals surface area contributed by atoms with E-state index in [1.807, 2.05) is 13.8 Å². The molecule has 6 heteroatoms. The Morgan fingerprint density at radius 3 is 2.71 bits per heavy atom. The quantitative estimate of drug-likeness (QED) is 0.829. The molecule has 0 radical (unpaired) electrons. The maximum Gasteiger partial charge on any atom is 0.244 e. The SMILES string of the molecule is CC(C)N(CC1CC1)S(=O)(=O)c1cncc(C#CCN)c1. The van der Waals surface area contributed by atoms with Crippen LogP contribution in [0.1, 0.15) is 32.3 Å². The van der Waals surface area contributed by atoms with Gasteiger partial charge in [0.25, 0.3) is 0 Å². The monoisotopic (exact) mass is 307 g/mol. The largest absolute Gasteiger partial charge is 0.320 e. The third-order valence-electron chi connectivity index (χ3n) is 3.37. The smallest absolute Gasteiger partial charge is 0.244 e. The summed E-state index contributed by atoms with van der Waals surface area (Å²) in [4.78, 5) is 4.19. The molecule has 0 aliphatic heterocycles. The summed E-state index contributed by atoms with van der Waals surface area (Å²) in [6.07, 6.45) is 5.14. The Balaban J connectivity index is 2.32. The van der Waals surface area contributed by atoms with Crippen molar-refractivity contribution < 1.29 is 8.42 Å². The Bertz CT molecular complexity index is 655. The van der Waals surface area contributed by atoms with Gasteiger partial charge < -0.3 is 5.73 Å². The van der Waals surface area contributed by atoms with Crippen molar-refractivity contribution in [2.45, 2.75) is 37.6 Å². The van der Waals surface area contributed by atoms with Crippen molar-refractivity contribution in [2.24, 2.45) is 11.7 Å². The Morgan fingerprint density at radius 1 is 1.43 bits per heavy atom. The molecule has 0 saturated heterocycles. The first-order chi connectivity index (χ1) is 9.95. The van der Waals surface area contributed by atoms with Crippen LogP contribution in [-0.2, 0) is 10.0 Å². The topological polar surface area (TPSA) is 76.3 Å². The summed E-state index contributed by atoms with van der Waals surface area (Å²) in [5, 5.41) is 0. The summed E-state index contributed by atoms with van der Waals surface area (Å²) in [5.74, 6) is 6.02. The van der Waals surface area contributed by atoms with Crippen molar-refractivity contribution >= 4 is 10.0 Å². The van der Waals surface area contributed by atoms with Gasteiger partial charge in [0.2, 0.25) is 10.0 Å². The van der Waals surface area contributed by atoms with E-state index in [9.17, 15) is 8.42 Å². The van der Waals surface area contributed by atoms with Gasteiger partial charge in [-0.25, -0.2) is 8.42 Å². The molecule has 2 N–H and O–H groups in total. The zero-order valence-corrected chi connectivity index (χ0v) is 13.2. The molecule has 0 spiro atoms. The molecule has 1 aliphatic carbocycles. The molecule has 1 fully saturated rings. The van der Waals surface area contributed by atoms with E-state index >= 15 is 0 Å². The molecule has 5 nitrogen and oxygen atoms in total. The van der Waals surface area contributed by atoms with Crippen LogP contribution in [-0.4, -0.2) is 36.8 Å². The highest BCUT2D eigenvalue weighted by Crippen LogP contribution is 2.32. The number of rotatable bonds is 5. The molecule has 0 unspecified atom stereocenters. The average molecular weight is 307 g/mol. The number of nitrogens with two attached hydrogens (primary N) is 1. The van der Waals surface area contributed by atoms with Gasteiger partial charge in [-0.3, -0.25) is 4.98 Å². The highest BCUT2D eigenvalue weighted by molar-refractivity contribution is 7.89. The fourth-order valence-electron chi connectivity index (χ4n) is 2.06. The molecule has 0 bridgehead atoms. The molecule has 1 heterocycles. The van der Waals surface area contributed by atoms with Crippen molar-refractivity contribution in [3.8, 4) is 11.8 Å².